The van der Waals surface area contributed by atoms with Gasteiger partial charge in [0.15, 0.2) is 0 Å². The van der Waals surface area contributed by atoms with Crippen LogP contribution in [0.2, 0.25) is 0 Å². The van der Waals surface area contributed by atoms with Crippen LogP contribution in [-0.2, 0) is 14.3 Å². The Morgan fingerprint density at radius 3 is 2.65 bits per heavy atom. The maximum absolute atomic E-state index is 12.7. The highest BCUT2D eigenvalue weighted by Gasteiger charge is 2.55. The molecule has 23 heavy (non-hydrogen) atoms. The quantitative estimate of drug-likeness (QED) is 0.905. The van der Waals surface area contributed by atoms with E-state index in [2.05, 4.69) is 10.3 Å². The molecule has 2 aliphatic heterocycles. The molecular formula is C17H16N2O4. The van der Waals surface area contributed by atoms with Crippen LogP contribution in [0.15, 0.2) is 36.5 Å². The van der Waals surface area contributed by atoms with E-state index in [9.17, 15) is 14.7 Å². The first-order chi connectivity index (χ1) is 11.1. The van der Waals surface area contributed by atoms with Crippen LogP contribution < -0.4 is 5.32 Å². The number of benzene rings is 1. The predicted molar refractivity (Wildman–Crippen MR) is 82.9 cm³/mol. The van der Waals surface area contributed by atoms with E-state index in [0.717, 1.165) is 11.8 Å². The molecule has 2 fully saturated rings. The summed E-state index contributed by atoms with van der Waals surface area (Å²) in [6.45, 7) is 0. The number of aliphatic carboxylic acids is 1. The summed E-state index contributed by atoms with van der Waals surface area (Å²) in [6.07, 6.45) is 2.46. The van der Waals surface area contributed by atoms with Crippen molar-refractivity contribution < 1.29 is 19.4 Å². The van der Waals surface area contributed by atoms with Gasteiger partial charge in [-0.1, -0.05) is 18.2 Å². The molecule has 2 N–H and O–H groups in total. The molecule has 1 aromatic heterocycles. The highest BCUT2D eigenvalue weighted by atomic mass is 16.5. The third-order valence-electron chi connectivity index (χ3n) is 4.75. The van der Waals surface area contributed by atoms with Crippen LogP contribution >= 0.6 is 0 Å². The van der Waals surface area contributed by atoms with Gasteiger partial charge in [0.2, 0.25) is 5.91 Å². The second-order valence-corrected chi connectivity index (χ2v) is 6.05. The van der Waals surface area contributed by atoms with Gasteiger partial charge in [-0.15, -0.1) is 0 Å². The topological polar surface area (TPSA) is 88.5 Å². The van der Waals surface area contributed by atoms with Crippen molar-refractivity contribution in [1.82, 2.24) is 4.98 Å². The third-order valence-corrected chi connectivity index (χ3v) is 4.75. The molecular weight excluding hydrogens is 296 g/mol. The average Bonchev–Trinajstić information content (AvgIpc) is 3.16. The van der Waals surface area contributed by atoms with E-state index in [0.29, 0.717) is 17.6 Å². The number of aromatic nitrogens is 1. The Hall–Kier alpha value is -2.47. The molecule has 6 nitrogen and oxygen atoms in total. The first kappa shape index (κ1) is 14.1. The second-order valence-electron chi connectivity index (χ2n) is 6.05. The van der Waals surface area contributed by atoms with Gasteiger partial charge in [-0.25, -0.2) is 0 Å². The predicted octanol–water partition coefficient (Wildman–Crippen LogP) is 2.05. The highest BCUT2D eigenvalue weighted by molar-refractivity contribution is 6.02. The lowest BCUT2D eigenvalue weighted by molar-refractivity contribution is -0.147. The van der Waals surface area contributed by atoms with Gasteiger partial charge in [-0.2, -0.15) is 0 Å². The number of nitrogens with one attached hydrogen (secondary N) is 1. The smallest absolute Gasteiger partial charge is 0.310 e. The average molecular weight is 312 g/mol. The maximum Gasteiger partial charge on any atom is 0.310 e. The minimum atomic E-state index is -0.964. The van der Waals surface area contributed by atoms with Crippen LogP contribution in [0, 0.1) is 11.8 Å². The Labute approximate surface area is 132 Å². The monoisotopic (exact) mass is 312 g/mol. The van der Waals surface area contributed by atoms with Crippen molar-refractivity contribution in [3.8, 4) is 0 Å². The van der Waals surface area contributed by atoms with Crippen LogP contribution in [0.3, 0.4) is 0 Å². The summed E-state index contributed by atoms with van der Waals surface area (Å²) in [5.74, 6) is -2.68. The molecule has 0 spiro atoms. The zero-order valence-electron chi connectivity index (χ0n) is 12.3. The molecule has 118 valence electrons. The summed E-state index contributed by atoms with van der Waals surface area (Å²) in [5, 5.41) is 13.2. The molecule has 1 aromatic carbocycles. The molecule has 0 unspecified atom stereocenters. The Morgan fingerprint density at radius 1 is 1.13 bits per heavy atom. The van der Waals surface area contributed by atoms with Gasteiger partial charge < -0.3 is 15.2 Å². The van der Waals surface area contributed by atoms with E-state index in [1.54, 1.807) is 12.3 Å². The molecule has 2 bridgehead atoms. The second kappa shape index (κ2) is 5.31. The summed E-state index contributed by atoms with van der Waals surface area (Å²) < 4.78 is 5.65. The summed E-state index contributed by atoms with van der Waals surface area (Å²) in [5.41, 5.74) is 1.29. The summed E-state index contributed by atoms with van der Waals surface area (Å²) in [6, 6.07) is 9.28. The Kier molecular flexibility index (Phi) is 3.27. The zero-order valence-corrected chi connectivity index (χ0v) is 12.3. The number of carboxylic acids is 1. The van der Waals surface area contributed by atoms with Gasteiger partial charge >= 0.3 is 5.97 Å². The molecule has 4 atom stereocenters. The van der Waals surface area contributed by atoms with E-state index in [4.69, 9.17) is 4.74 Å². The summed E-state index contributed by atoms with van der Waals surface area (Å²) in [4.78, 5) is 28.5. The van der Waals surface area contributed by atoms with E-state index >= 15 is 0 Å². The molecule has 4 rings (SSSR count). The number of anilines is 1. The van der Waals surface area contributed by atoms with Gasteiger partial charge in [-0.3, -0.25) is 14.6 Å². The molecule has 3 heterocycles. The van der Waals surface area contributed by atoms with Crippen LogP contribution in [0.1, 0.15) is 12.8 Å². The lowest BCUT2D eigenvalue weighted by Gasteiger charge is -2.24. The molecule has 1 amide bonds. The number of carbonyl (C=O) groups is 2. The number of pyridine rings is 1. The van der Waals surface area contributed by atoms with Crippen molar-refractivity contribution in [3.63, 3.8) is 0 Å². The number of nitrogens with zero attached hydrogens (tertiary/aromatic N) is 1. The fourth-order valence-corrected chi connectivity index (χ4v) is 3.75. The fourth-order valence-electron chi connectivity index (χ4n) is 3.75. The lowest BCUT2D eigenvalue weighted by atomic mass is 9.78. The van der Waals surface area contributed by atoms with Gasteiger partial charge in [0, 0.05) is 11.6 Å². The Balaban J connectivity index is 1.63. The van der Waals surface area contributed by atoms with Crippen LogP contribution in [0.5, 0.6) is 0 Å². The first-order valence-electron chi connectivity index (χ1n) is 7.68. The van der Waals surface area contributed by atoms with E-state index in [1.807, 2.05) is 24.3 Å². The highest BCUT2D eigenvalue weighted by Crippen LogP contribution is 2.44. The van der Waals surface area contributed by atoms with Crippen molar-refractivity contribution in [2.75, 3.05) is 5.32 Å². The van der Waals surface area contributed by atoms with Gasteiger partial charge in [0.1, 0.15) is 0 Å². The van der Waals surface area contributed by atoms with Crippen LogP contribution in [0.25, 0.3) is 10.9 Å². The van der Waals surface area contributed by atoms with Crippen molar-refractivity contribution in [1.29, 1.82) is 0 Å². The minimum absolute atomic E-state index is 0.302. The SMILES string of the molecule is O=C(O)[C@@H]1[C@@H](C(=O)Nc2cccc3cccnc23)[C@@H]2CC[C@@H]1O2. The largest absolute Gasteiger partial charge is 0.481 e. The van der Waals surface area contributed by atoms with Crippen LogP contribution in [0.4, 0.5) is 5.69 Å². The first-order valence-corrected chi connectivity index (χ1v) is 7.68. The number of fused-ring (bicyclic) bond motifs is 3. The fraction of sp³-hybridized carbons (Fsp3) is 0.353. The normalized spacial score (nSPS) is 28.9. The number of hydrogen-bond donors (Lipinski definition) is 2. The third kappa shape index (κ3) is 2.26. The molecule has 0 saturated carbocycles. The van der Waals surface area contributed by atoms with Crippen molar-refractivity contribution in [2.45, 2.75) is 25.0 Å². The van der Waals surface area contributed by atoms with Crippen molar-refractivity contribution in [2.24, 2.45) is 11.8 Å². The standard InChI is InChI=1S/C17H16N2O4/c20-16(13-11-6-7-12(23-11)14(13)17(21)22)19-10-5-1-3-9-4-2-8-18-15(9)10/h1-5,8,11-14H,6-7H2,(H,19,20)(H,21,22)/t11-,12-,13-,14-/m0/s1. The molecule has 2 aromatic rings. The molecule has 6 heteroatoms. The molecule has 2 saturated heterocycles. The number of carbonyl (C=O) groups excluding carboxylic acids is 1. The number of ether oxygens (including phenoxy) is 1. The van der Waals surface area contributed by atoms with Gasteiger partial charge in [0.25, 0.3) is 0 Å². The number of rotatable bonds is 3. The number of carboxylic acid groups (broad SMARTS) is 1. The zero-order chi connectivity index (χ0) is 16.0. The maximum atomic E-state index is 12.7. The van der Waals surface area contributed by atoms with E-state index in [1.165, 1.54) is 0 Å². The van der Waals surface area contributed by atoms with Gasteiger partial charge in [0.05, 0.1) is 35.2 Å². The van der Waals surface area contributed by atoms with Crippen molar-refractivity contribution >= 4 is 28.5 Å². The number of hydrogen-bond acceptors (Lipinski definition) is 4. The van der Waals surface area contributed by atoms with Crippen LogP contribution in [-0.4, -0.2) is 34.2 Å². The Bertz CT molecular complexity index is 786. The molecule has 0 aliphatic carbocycles. The summed E-state index contributed by atoms with van der Waals surface area (Å²) in [7, 11) is 0. The Morgan fingerprint density at radius 2 is 1.87 bits per heavy atom. The summed E-state index contributed by atoms with van der Waals surface area (Å²) >= 11 is 0. The van der Waals surface area contributed by atoms with Gasteiger partial charge in [-0.05, 0) is 25.0 Å². The lowest BCUT2D eigenvalue weighted by Crippen LogP contribution is -2.41. The molecule has 0 radical (unpaired) electrons. The van der Waals surface area contributed by atoms with Crippen molar-refractivity contribution in [3.05, 3.63) is 36.5 Å². The number of para-hydroxylation sites is 1. The molecule has 2 aliphatic rings. The number of amides is 1. The van der Waals surface area contributed by atoms with E-state index < -0.39 is 17.8 Å². The minimum Gasteiger partial charge on any atom is -0.481 e. The van der Waals surface area contributed by atoms with E-state index in [-0.39, 0.29) is 18.1 Å².